The van der Waals surface area contributed by atoms with Crippen LogP contribution in [0.15, 0.2) is 6.33 Å². The fraction of sp³-hybridized carbons (Fsp3) is 0.444. The van der Waals surface area contributed by atoms with Gasteiger partial charge in [0.1, 0.15) is 12.1 Å². The number of nitrogens with one attached hydrogen (secondary N) is 1. The number of carbonyl (C=O) groups is 1. The molecular formula is C9H15N5O4S. The summed E-state index contributed by atoms with van der Waals surface area (Å²) in [7, 11) is 0. The summed E-state index contributed by atoms with van der Waals surface area (Å²) in [5.41, 5.74) is 10.3. The maximum atomic E-state index is 11.2. The zero-order chi connectivity index (χ0) is 14.6. The van der Waals surface area contributed by atoms with Crippen LogP contribution in [0.4, 0.5) is 5.82 Å². The summed E-state index contributed by atoms with van der Waals surface area (Å²) in [6, 6.07) is 0. The highest BCUT2D eigenvalue weighted by atomic mass is 32.1. The van der Waals surface area contributed by atoms with Crippen LogP contribution in [0.2, 0.25) is 0 Å². The number of imidazole rings is 1. The number of aliphatic hydroxyl groups is 2. The molecule has 0 aliphatic rings. The lowest BCUT2D eigenvalue weighted by Crippen LogP contribution is -2.27. The second kappa shape index (κ2) is 6.43. The SMILES string of the molecule is CC(CO)OC(O)n1cnc(C(N)=O)c1NC(N)=S. The summed E-state index contributed by atoms with van der Waals surface area (Å²) in [5.74, 6) is -0.808. The van der Waals surface area contributed by atoms with Crippen molar-refractivity contribution in [3.8, 4) is 0 Å². The zero-order valence-corrected chi connectivity index (χ0v) is 10.9. The normalized spacial score (nSPS) is 13.8. The zero-order valence-electron chi connectivity index (χ0n) is 10.1. The Morgan fingerprint density at radius 2 is 2.32 bits per heavy atom. The number of nitrogens with two attached hydrogens (primary N) is 2. The van der Waals surface area contributed by atoms with Gasteiger partial charge in [-0.25, -0.2) is 4.98 Å². The minimum atomic E-state index is -1.49. The van der Waals surface area contributed by atoms with E-state index in [4.69, 9.17) is 21.3 Å². The molecule has 0 aromatic carbocycles. The predicted molar refractivity (Wildman–Crippen MR) is 70.0 cm³/mol. The second-order valence-corrected chi connectivity index (χ2v) is 4.10. The first-order chi connectivity index (χ1) is 8.86. The van der Waals surface area contributed by atoms with E-state index >= 15 is 0 Å². The molecule has 1 rings (SSSR count). The van der Waals surface area contributed by atoms with Gasteiger partial charge in [0, 0.05) is 0 Å². The first-order valence-corrected chi connectivity index (χ1v) is 5.65. The third-order valence-electron chi connectivity index (χ3n) is 2.12. The molecule has 0 radical (unpaired) electrons. The van der Waals surface area contributed by atoms with Crippen LogP contribution in [0.25, 0.3) is 0 Å². The van der Waals surface area contributed by atoms with Gasteiger partial charge in [-0.1, -0.05) is 0 Å². The molecule has 1 amide bonds. The van der Waals surface area contributed by atoms with E-state index in [9.17, 15) is 9.90 Å². The number of hydrogen-bond donors (Lipinski definition) is 5. The van der Waals surface area contributed by atoms with Gasteiger partial charge in [0.15, 0.2) is 10.8 Å². The van der Waals surface area contributed by atoms with Gasteiger partial charge in [-0.05, 0) is 19.1 Å². The molecule has 19 heavy (non-hydrogen) atoms. The fourth-order valence-corrected chi connectivity index (χ4v) is 1.36. The van der Waals surface area contributed by atoms with Crippen LogP contribution in [-0.4, -0.2) is 43.5 Å². The minimum Gasteiger partial charge on any atom is -0.394 e. The molecule has 0 fully saturated rings. The van der Waals surface area contributed by atoms with Crippen LogP contribution in [0.5, 0.6) is 0 Å². The van der Waals surface area contributed by atoms with E-state index in [-0.39, 0.29) is 23.2 Å². The molecule has 0 saturated carbocycles. The number of amides is 1. The highest BCUT2D eigenvalue weighted by Crippen LogP contribution is 2.20. The van der Waals surface area contributed by atoms with Crippen molar-refractivity contribution in [1.82, 2.24) is 9.55 Å². The van der Waals surface area contributed by atoms with Crippen molar-refractivity contribution in [2.75, 3.05) is 11.9 Å². The van der Waals surface area contributed by atoms with Gasteiger partial charge in [0.2, 0.25) is 6.41 Å². The van der Waals surface area contributed by atoms with Crippen LogP contribution < -0.4 is 16.8 Å². The van der Waals surface area contributed by atoms with Crippen molar-refractivity contribution < 1.29 is 19.7 Å². The van der Waals surface area contributed by atoms with Crippen LogP contribution in [0.3, 0.4) is 0 Å². The lowest BCUT2D eigenvalue weighted by molar-refractivity contribution is -0.186. The van der Waals surface area contributed by atoms with Gasteiger partial charge in [0.25, 0.3) is 5.91 Å². The number of nitrogens with zero attached hydrogens (tertiary/aromatic N) is 2. The third-order valence-corrected chi connectivity index (χ3v) is 2.22. The smallest absolute Gasteiger partial charge is 0.271 e. The molecule has 7 N–H and O–H groups in total. The first-order valence-electron chi connectivity index (χ1n) is 5.24. The monoisotopic (exact) mass is 289 g/mol. The van der Waals surface area contributed by atoms with E-state index < -0.39 is 18.4 Å². The molecule has 0 bridgehead atoms. The quantitative estimate of drug-likeness (QED) is 0.313. The Bertz CT molecular complexity index is 477. The number of ether oxygens (including phenoxy) is 1. The van der Waals surface area contributed by atoms with Crippen molar-refractivity contribution in [1.29, 1.82) is 0 Å². The molecule has 0 saturated heterocycles. The van der Waals surface area contributed by atoms with Crippen molar-refractivity contribution in [3.05, 3.63) is 12.0 Å². The maximum Gasteiger partial charge on any atom is 0.271 e. The first kappa shape index (κ1) is 15.3. The highest BCUT2D eigenvalue weighted by molar-refractivity contribution is 7.80. The van der Waals surface area contributed by atoms with Gasteiger partial charge in [0.05, 0.1) is 12.7 Å². The molecule has 10 heteroatoms. The summed E-state index contributed by atoms with van der Waals surface area (Å²) in [6.45, 7) is 1.27. The number of aliphatic hydroxyl groups excluding tert-OH is 2. The molecule has 1 heterocycles. The fourth-order valence-electron chi connectivity index (χ4n) is 1.27. The number of rotatable bonds is 6. The molecule has 0 aliphatic heterocycles. The molecule has 106 valence electrons. The Morgan fingerprint density at radius 3 is 2.79 bits per heavy atom. The maximum absolute atomic E-state index is 11.2. The molecule has 2 atom stereocenters. The third kappa shape index (κ3) is 3.86. The summed E-state index contributed by atoms with van der Waals surface area (Å²) in [5, 5.41) is 21.0. The second-order valence-electron chi connectivity index (χ2n) is 3.66. The Hall–Kier alpha value is -1.75. The summed E-state index contributed by atoms with van der Waals surface area (Å²) in [6.07, 6.45) is -0.971. The number of carbonyl (C=O) groups excluding carboxylic acids is 1. The topological polar surface area (TPSA) is 149 Å². The number of aromatic nitrogens is 2. The van der Waals surface area contributed by atoms with Gasteiger partial charge in [-0.2, -0.15) is 0 Å². The number of anilines is 1. The van der Waals surface area contributed by atoms with E-state index in [1.807, 2.05) is 0 Å². The lowest BCUT2D eigenvalue weighted by atomic mass is 10.4. The molecule has 0 spiro atoms. The van der Waals surface area contributed by atoms with Crippen molar-refractivity contribution in [3.63, 3.8) is 0 Å². The van der Waals surface area contributed by atoms with E-state index in [0.29, 0.717) is 0 Å². The van der Waals surface area contributed by atoms with Crippen LogP contribution in [0.1, 0.15) is 23.8 Å². The average Bonchev–Trinajstić information content (AvgIpc) is 2.71. The summed E-state index contributed by atoms with van der Waals surface area (Å²) >= 11 is 4.66. The Labute approximate surface area is 114 Å². The summed E-state index contributed by atoms with van der Waals surface area (Å²) in [4.78, 5) is 14.9. The van der Waals surface area contributed by atoms with Crippen molar-refractivity contribution >= 4 is 29.1 Å². The molecule has 2 unspecified atom stereocenters. The van der Waals surface area contributed by atoms with E-state index in [2.05, 4.69) is 22.5 Å². The Balaban J connectivity index is 3.05. The van der Waals surface area contributed by atoms with Crippen LogP contribution in [-0.2, 0) is 4.74 Å². The lowest BCUT2D eigenvalue weighted by Gasteiger charge is -2.19. The molecular weight excluding hydrogens is 274 g/mol. The molecule has 9 nitrogen and oxygen atoms in total. The van der Waals surface area contributed by atoms with Crippen molar-refractivity contribution in [2.45, 2.75) is 19.4 Å². The molecule has 0 aliphatic carbocycles. The standard InChI is InChI=1S/C9H15N5O4S/c1-4(2-15)18-9(17)14-3-12-5(6(10)16)7(14)13-8(11)19/h3-4,9,15,17H,2H2,1H3,(H2,10,16)(H3,11,13,19). The molecule has 1 aromatic heterocycles. The van der Waals surface area contributed by atoms with Crippen LogP contribution >= 0.6 is 12.2 Å². The van der Waals surface area contributed by atoms with E-state index in [1.165, 1.54) is 0 Å². The largest absolute Gasteiger partial charge is 0.394 e. The van der Waals surface area contributed by atoms with Crippen molar-refractivity contribution in [2.24, 2.45) is 11.5 Å². The summed E-state index contributed by atoms with van der Waals surface area (Å²) < 4.78 is 6.13. The predicted octanol–water partition coefficient (Wildman–Crippen LogP) is -1.52. The number of primary amides is 1. The van der Waals surface area contributed by atoms with Gasteiger partial charge in [-0.15, -0.1) is 0 Å². The Kier molecular flexibility index (Phi) is 5.18. The molecule has 1 aromatic rings. The average molecular weight is 289 g/mol. The number of thiocarbonyl (C=S) groups is 1. The van der Waals surface area contributed by atoms with Gasteiger partial charge >= 0.3 is 0 Å². The van der Waals surface area contributed by atoms with E-state index in [1.54, 1.807) is 6.92 Å². The number of hydrogen-bond acceptors (Lipinski definition) is 6. The van der Waals surface area contributed by atoms with Crippen LogP contribution in [0, 0.1) is 0 Å². The Morgan fingerprint density at radius 1 is 1.68 bits per heavy atom. The van der Waals surface area contributed by atoms with E-state index in [0.717, 1.165) is 10.9 Å². The minimum absolute atomic E-state index is 0.0117. The highest BCUT2D eigenvalue weighted by Gasteiger charge is 2.21. The van der Waals surface area contributed by atoms with Gasteiger partial charge < -0.3 is 31.7 Å². The van der Waals surface area contributed by atoms with Gasteiger partial charge in [-0.3, -0.25) is 9.36 Å².